The summed E-state index contributed by atoms with van der Waals surface area (Å²) >= 11 is 0. The summed E-state index contributed by atoms with van der Waals surface area (Å²) in [6.07, 6.45) is -0.420. The van der Waals surface area contributed by atoms with Crippen molar-refractivity contribution in [2.24, 2.45) is 0 Å². The number of nitrogens with zero attached hydrogens (tertiary/aromatic N) is 1. The molecule has 0 radical (unpaired) electrons. The summed E-state index contributed by atoms with van der Waals surface area (Å²) in [5.41, 5.74) is 3.49. The first-order valence-electron chi connectivity index (χ1n) is 6.64. The lowest BCUT2D eigenvalue weighted by atomic mass is 10.0. The van der Waals surface area contributed by atoms with Crippen molar-refractivity contribution in [1.82, 2.24) is 5.32 Å². The second kappa shape index (κ2) is 6.08. The van der Waals surface area contributed by atoms with Crippen molar-refractivity contribution in [2.45, 2.75) is 59.7 Å². The molecule has 0 aliphatic heterocycles. The summed E-state index contributed by atoms with van der Waals surface area (Å²) in [6, 6.07) is 6.33. The van der Waals surface area contributed by atoms with Gasteiger partial charge in [-0.15, -0.1) is 0 Å². The Balaban J connectivity index is 2.88. The molecule has 19 heavy (non-hydrogen) atoms. The summed E-state index contributed by atoms with van der Waals surface area (Å²) in [7, 11) is 0. The third-order valence-corrected chi connectivity index (χ3v) is 2.82. The number of rotatable bonds is 4. The second-order valence-electron chi connectivity index (χ2n) is 6.05. The molecule has 0 heterocycles. The van der Waals surface area contributed by atoms with E-state index in [1.54, 1.807) is 6.92 Å². The van der Waals surface area contributed by atoms with Crippen LogP contribution in [0.2, 0.25) is 0 Å². The topological polar surface area (TPSA) is 45.0 Å². The zero-order chi connectivity index (χ0) is 14.6. The van der Waals surface area contributed by atoms with Crippen LogP contribution < -0.4 is 10.1 Å². The molecule has 0 saturated carbocycles. The van der Waals surface area contributed by atoms with Gasteiger partial charge in [0.05, 0.1) is 0 Å². The highest BCUT2D eigenvalue weighted by molar-refractivity contribution is 5.43. The third-order valence-electron chi connectivity index (χ3n) is 2.82. The Morgan fingerprint density at radius 2 is 1.79 bits per heavy atom. The normalized spacial score (nSPS) is 12.9. The van der Waals surface area contributed by atoms with Crippen LogP contribution in [0.15, 0.2) is 12.1 Å². The molecule has 0 spiro atoms. The van der Waals surface area contributed by atoms with Crippen LogP contribution in [0.3, 0.4) is 0 Å². The van der Waals surface area contributed by atoms with Gasteiger partial charge in [0.1, 0.15) is 11.8 Å². The molecule has 104 valence electrons. The zero-order valence-electron chi connectivity index (χ0n) is 12.8. The highest BCUT2D eigenvalue weighted by atomic mass is 16.5. The number of hydrogen-bond acceptors (Lipinski definition) is 3. The molecular formula is C16H24N2O. The van der Waals surface area contributed by atoms with Gasteiger partial charge in [0, 0.05) is 12.1 Å². The predicted molar refractivity (Wildman–Crippen MR) is 78.2 cm³/mol. The minimum atomic E-state index is -0.420. The summed E-state index contributed by atoms with van der Waals surface area (Å²) in [4.78, 5) is 0. The average molecular weight is 260 g/mol. The lowest BCUT2D eigenvalue weighted by molar-refractivity contribution is 0.272. The van der Waals surface area contributed by atoms with E-state index in [1.807, 2.05) is 13.8 Å². The first-order chi connectivity index (χ1) is 8.73. The predicted octanol–water partition coefficient (Wildman–Crippen LogP) is 3.48. The molecular weight excluding hydrogens is 236 g/mol. The number of benzene rings is 1. The second-order valence-corrected chi connectivity index (χ2v) is 6.05. The highest BCUT2D eigenvalue weighted by Crippen LogP contribution is 2.26. The number of ether oxygens (including phenoxy) is 1. The van der Waals surface area contributed by atoms with Crippen LogP contribution in [0.1, 0.15) is 44.4 Å². The van der Waals surface area contributed by atoms with Gasteiger partial charge < -0.3 is 10.1 Å². The lowest BCUT2D eigenvalue weighted by Crippen LogP contribution is -2.35. The van der Waals surface area contributed by atoms with Crippen molar-refractivity contribution >= 4 is 0 Å². The van der Waals surface area contributed by atoms with Crippen molar-refractivity contribution in [3.05, 3.63) is 28.8 Å². The number of aryl methyl sites for hydroxylation is 2. The Morgan fingerprint density at radius 1 is 1.26 bits per heavy atom. The van der Waals surface area contributed by atoms with E-state index in [0.29, 0.717) is 0 Å². The van der Waals surface area contributed by atoms with Gasteiger partial charge in [-0.1, -0.05) is 12.1 Å². The van der Waals surface area contributed by atoms with Crippen molar-refractivity contribution in [3.8, 4) is 11.8 Å². The summed E-state index contributed by atoms with van der Waals surface area (Å²) in [5.74, 6) is 0.827. The van der Waals surface area contributed by atoms with Crippen molar-refractivity contribution in [3.63, 3.8) is 0 Å². The molecule has 3 nitrogen and oxygen atoms in total. The SMILES string of the molecule is Cc1cc(CNC(C)(C)C)cc(C)c1OC(C)C#N. The van der Waals surface area contributed by atoms with Crippen molar-refractivity contribution < 1.29 is 4.74 Å². The Kier molecular flexibility index (Phi) is 4.97. The molecule has 1 unspecified atom stereocenters. The third kappa shape index (κ3) is 4.92. The van der Waals surface area contributed by atoms with Gasteiger partial charge in [0.2, 0.25) is 0 Å². The maximum absolute atomic E-state index is 8.82. The Morgan fingerprint density at radius 3 is 2.21 bits per heavy atom. The van der Waals surface area contributed by atoms with Crippen LogP contribution in [0.25, 0.3) is 0 Å². The van der Waals surface area contributed by atoms with E-state index in [-0.39, 0.29) is 5.54 Å². The number of nitrogens with one attached hydrogen (secondary N) is 1. The molecule has 0 aliphatic carbocycles. The molecule has 1 N–H and O–H groups in total. The fourth-order valence-electron chi connectivity index (χ4n) is 1.90. The van der Waals surface area contributed by atoms with Gasteiger partial charge in [-0.3, -0.25) is 0 Å². The van der Waals surface area contributed by atoms with Crippen LogP contribution >= 0.6 is 0 Å². The lowest BCUT2D eigenvalue weighted by Gasteiger charge is -2.21. The summed E-state index contributed by atoms with van der Waals surface area (Å²) in [5, 5.41) is 12.3. The van der Waals surface area contributed by atoms with Gasteiger partial charge in [-0.25, -0.2) is 0 Å². The molecule has 1 aromatic carbocycles. The van der Waals surface area contributed by atoms with E-state index in [0.717, 1.165) is 23.4 Å². The Bertz CT molecular complexity index is 457. The standard InChI is InChI=1S/C16H24N2O/c1-11-7-14(10-18-16(4,5)6)8-12(2)15(11)19-13(3)9-17/h7-8,13,18H,10H2,1-6H3. The Labute approximate surface area is 116 Å². The smallest absolute Gasteiger partial charge is 0.181 e. The van der Waals surface area contributed by atoms with Crippen LogP contribution in [0.5, 0.6) is 5.75 Å². The molecule has 0 aromatic heterocycles. The maximum atomic E-state index is 8.82. The number of hydrogen-bond donors (Lipinski definition) is 1. The maximum Gasteiger partial charge on any atom is 0.181 e. The quantitative estimate of drug-likeness (QED) is 0.901. The molecule has 0 bridgehead atoms. The first kappa shape index (κ1) is 15.5. The monoisotopic (exact) mass is 260 g/mol. The van der Waals surface area contributed by atoms with Crippen LogP contribution in [0, 0.1) is 25.2 Å². The molecule has 0 saturated heterocycles. The fraction of sp³-hybridized carbons (Fsp3) is 0.562. The van der Waals surface area contributed by atoms with Crippen LogP contribution in [-0.2, 0) is 6.54 Å². The molecule has 1 aromatic rings. The molecule has 0 aliphatic rings. The van der Waals surface area contributed by atoms with Gasteiger partial charge in [0.25, 0.3) is 0 Å². The van der Waals surface area contributed by atoms with Gasteiger partial charge >= 0.3 is 0 Å². The molecule has 3 heteroatoms. The molecule has 1 atom stereocenters. The molecule has 0 amide bonds. The van der Waals surface area contributed by atoms with Crippen molar-refractivity contribution in [1.29, 1.82) is 5.26 Å². The minimum absolute atomic E-state index is 0.103. The fourth-order valence-corrected chi connectivity index (χ4v) is 1.90. The van der Waals surface area contributed by atoms with E-state index in [9.17, 15) is 0 Å². The first-order valence-corrected chi connectivity index (χ1v) is 6.64. The summed E-state index contributed by atoms with van der Waals surface area (Å²) in [6.45, 7) is 13.1. The van der Waals surface area contributed by atoms with E-state index in [1.165, 1.54) is 5.56 Å². The van der Waals surface area contributed by atoms with Crippen LogP contribution in [-0.4, -0.2) is 11.6 Å². The Hall–Kier alpha value is -1.53. The average Bonchev–Trinajstić information content (AvgIpc) is 2.30. The van der Waals surface area contributed by atoms with Gasteiger partial charge in [-0.2, -0.15) is 5.26 Å². The summed E-state index contributed by atoms with van der Waals surface area (Å²) < 4.78 is 5.64. The van der Waals surface area contributed by atoms with Gasteiger partial charge in [0.15, 0.2) is 6.10 Å². The van der Waals surface area contributed by atoms with Gasteiger partial charge in [-0.05, 0) is 58.2 Å². The molecule has 1 rings (SSSR count). The minimum Gasteiger partial charge on any atom is -0.475 e. The van der Waals surface area contributed by atoms with E-state index >= 15 is 0 Å². The number of nitriles is 1. The van der Waals surface area contributed by atoms with E-state index in [2.05, 4.69) is 44.3 Å². The largest absolute Gasteiger partial charge is 0.475 e. The highest BCUT2D eigenvalue weighted by Gasteiger charge is 2.12. The van der Waals surface area contributed by atoms with Crippen LogP contribution in [0.4, 0.5) is 0 Å². The zero-order valence-corrected chi connectivity index (χ0v) is 12.8. The van der Waals surface area contributed by atoms with E-state index in [4.69, 9.17) is 10.00 Å². The van der Waals surface area contributed by atoms with E-state index < -0.39 is 6.10 Å². The van der Waals surface area contributed by atoms with Crippen molar-refractivity contribution in [2.75, 3.05) is 0 Å². The molecule has 0 fully saturated rings.